The fourth-order valence-corrected chi connectivity index (χ4v) is 3.05. The number of amides is 2. The standard InChI is InChI=1S/C13H25N3O/c1-10-6-5-7-11(2)16(10)15-13(17)14-12-8-3-4-9-12/h10-12H,3-9H2,1-2H3,(H2,14,15,17). The maximum absolute atomic E-state index is 11.9. The van der Waals surface area contributed by atoms with Gasteiger partial charge in [-0.25, -0.2) is 9.80 Å². The lowest BCUT2D eigenvalue weighted by molar-refractivity contribution is 0.0588. The van der Waals surface area contributed by atoms with Crippen LogP contribution in [0.4, 0.5) is 4.79 Å². The van der Waals surface area contributed by atoms with Crippen molar-refractivity contribution < 1.29 is 4.79 Å². The van der Waals surface area contributed by atoms with Crippen molar-refractivity contribution in [2.75, 3.05) is 0 Å². The second-order valence-electron chi connectivity index (χ2n) is 5.60. The van der Waals surface area contributed by atoms with E-state index in [1.807, 2.05) is 0 Å². The molecule has 2 unspecified atom stereocenters. The fourth-order valence-electron chi connectivity index (χ4n) is 3.05. The Morgan fingerprint density at radius 1 is 1.00 bits per heavy atom. The van der Waals surface area contributed by atoms with Crippen molar-refractivity contribution in [1.29, 1.82) is 0 Å². The van der Waals surface area contributed by atoms with Crippen molar-refractivity contribution in [3.63, 3.8) is 0 Å². The Bertz CT molecular complexity index is 253. The van der Waals surface area contributed by atoms with Gasteiger partial charge in [0.1, 0.15) is 0 Å². The van der Waals surface area contributed by atoms with Gasteiger partial charge in [0.15, 0.2) is 0 Å². The molecular formula is C13H25N3O. The summed E-state index contributed by atoms with van der Waals surface area (Å²) in [6.45, 7) is 4.37. The van der Waals surface area contributed by atoms with Gasteiger partial charge in [0.05, 0.1) is 0 Å². The maximum atomic E-state index is 11.9. The number of nitrogens with zero attached hydrogens (tertiary/aromatic N) is 1. The Labute approximate surface area is 104 Å². The highest BCUT2D eigenvalue weighted by Gasteiger charge is 2.27. The summed E-state index contributed by atoms with van der Waals surface area (Å²) < 4.78 is 0. The van der Waals surface area contributed by atoms with Gasteiger partial charge in [0.2, 0.25) is 0 Å². The van der Waals surface area contributed by atoms with E-state index in [9.17, 15) is 4.79 Å². The Hall–Kier alpha value is -0.770. The van der Waals surface area contributed by atoms with Gasteiger partial charge in [-0.3, -0.25) is 5.43 Å². The number of carbonyl (C=O) groups is 1. The van der Waals surface area contributed by atoms with Crippen molar-refractivity contribution >= 4 is 6.03 Å². The number of hydrazine groups is 1. The van der Waals surface area contributed by atoms with E-state index in [-0.39, 0.29) is 6.03 Å². The zero-order valence-electron chi connectivity index (χ0n) is 11.0. The highest BCUT2D eigenvalue weighted by Crippen LogP contribution is 2.20. The highest BCUT2D eigenvalue weighted by atomic mass is 16.2. The van der Waals surface area contributed by atoms with E-state index in [4.69, 9.17) is 0 Å². The molecule has 0 spiro atoms. The molecular weight excluding hydrogens is 214 g/mol. The molecule has 0 bridgehead atoms. The van der Waals surface area contributed by atoms with Crippen LogP contribution in [0.2, 0.25) is 0 Å². The number of rotatable bonds is 2. The molecule has 0 aromatic heterocycles. The van der Waals surface area contributed by atoms with Gasteiger partial charge in [-0.15, -0.1) is 0 Å². The SMILES string of the molecule is CC1CCCC(C)N1NC(=O)NC1CCCC1. The molecule has 4 heteroatoms. The highest BCUT2D eigenvalue weighted by molar-refractivity contribution is 5.73. The van der Waals surface area contributed by atoms with Crippen molar-refractivity contribution in [2.45, 2.75) is 76.9 Å². The molecule has 2 aliphatic rings. The molecule has 0 radical (unpaired) electrons. The van der Waals surface area contributed by atoms with Crippen molar-refractivity contribution in [1.82, 2.24) is 15.8 Å². The predicted molar refractivity (Wildman–Crippen MR) is 68.5 cm³/mol. The van der Waals surface area contributed by atoms with Crippen LogP contribution in [0.1, 0.15) is 58.8 Å². The van der Waals surface area contributed by atoms with Crippen LogP contribution in [0.25, 0.3) is 0 Å². The summed E-state index contributed by atoms with van der Waals surface area (Å²) in [5.41, 5.74) is 3.03. The van der Waals surface area contributed by atoms with E-state index in [1.165, 1.54) is 32.1 Å². The van der Waals surface area contributed by atoms with Crippen molar-refractivity contribution in [3.8, 4) is 0 Å². The van der Waals surface area contributed by atoms with E-state index < -0.39 is 0 Å². The van der Waals surface area contributed by atoms with Crippen LogP contribution in [0.15, 0.2) is 0 Å². The van der Waals surface area contributed by atoms with E-state index >= 15 is 0 Å². The molecule has 1 saturated carbocycles. The van der Waals surface area contributed by atoms with Gasteiger partial charge in [-0.05, 0) is 39.5 Å². The smallest absolute Gasteiger partial charge is 0.329 e. The fraction of sp³-hybridized carbons (Fsp3) is 0.923. The lowest BCUT2D eigenvalue weighted by Crippen LogP contribution is -2.57. The normalized spacial score (nSPS) is 31.4. The number of hydrogen-bond acceptors (Lipinski definition) is 2. The summed E-state index contributed by atoms with van der Waals surface area (Å²) in [6, 6.07) is 1.28. The van der Waals surface area contributed by atoms with Crippen LogP contribution in [-0.4, -0.2) is 29.2 Å². The molecule has 1 heterocycles. The number of piperidine rings is 1. The third-order valence-electron chi connectivity index (χ3n) is 4.11. The third kappa shape index (κ3) is 3.35. The monoisotopic (exact) mass is 239 g/mol. The number of nitrogens with one attached hydrogen (secondary N) is 2. The third-order valence-corrected chi connectivity index (χ3v) is 4.11. The molecule has 1 aliphatic carbocycles. The van der Waals surface area contributed by atoms with E-state index in [0.29, 0.717) is 18.1 Å². The number of hydrogen-bond donors (Lipinski definition) is 2. The molecule has 2 atom stereocenters. The van der Waals surface area contributed by atoms with E-state index in [0.717, 1.165) is 12.8 Å². The average Bonchev–Trinajstić information content (AvgIpc) is 2.76. The van der Waals surface area contributed by atoms with E-state index in [1.54, 1.807) is 0 Å². The molecule has 2 N–H and O–H groups in total. The van der Waals surface area contributed by atoms with Gasteiger partial charge < -0.3 is 5.32 Å². The summed E-state index contributed by atoms with van der Waals surface area (Å²) in [7, 11) is 0. The van der Waals surface area contributed by atoms with Gasteiger partial charge >= 0.3 is 6.03 Å². The van der Waals surface area contributed by atoms with Crippen molar-refractivity contribution in [2.24, 2.45) is 0 Å². The topological polar surface area (TPSA) is 44.4 Å². The first-order chi connectivity index (χ1) is 8.16. The summed E-state index contributed by atoms with van der Waals surface area (Å²) in [5.74, 6) is 0. The van der Waals surface area contributed by atoms with Crippen LogP contribution in [0.3, 0.4) is 0 Å². The number of carbonyl (C=O) groups excluding carboxylic acids is 1. The first-order valence-corrected chi connectivity index (χ1v) is 7.02. The number of urea groups is 1. The Balaban J connectivity index is 1.79. The van der Waals surface area contributed by atoms with Crippen LogP contribution in [-0.2, 0) is 0 Å². The first-order valence-electron chi connectivity index (χ1n) is 7.02. The Morgan fingerprint density at radius 3 is 2.18 bits per heavy atom. The van der Waals surface area contributed by atoms with Gasteiger partial charge in [-0.1, -0.05) is 19.3 Å². The molecule has 0 aromatic carbocycles. The van der Waals surface area contributed by atoms with Gasteiger partial charge in [-0.2, -0.15) is 0 Å². The maximum Gasteiger partial charge on any atom is 0.329 e. The molecule has 1 saturated heterocycles. The molecule has 1 aliphatic heterocycles. The quantitative estimate of drug-likeness (QED) is 0.777. The second-order valence-corrected chi connectivity index (χ2v) is 5.60. The lowest BCUT2D eigenvalue weighted by Gasteiger charge is -2.38. The molecule has 4 nitrogen and oxygen atoms in total. The second kappa shape index (κ2) is 5.71. The van der Waals surface area contributed by atoms with Gasteiger partial charge in [0, 0.05) is 18.1 Å². The lowest BCUT2D eigenvalue weighted by atomic mass is 10.00. The van der Waals surface area contributed by atoms with Crippen LogP contribution < -0.4 is 10.7 Å². The first kappa shape index (κ1) is 12.7. The minimum Gasteiger partial charge on any atom is -0.334 e. The zero-order chi connectivity index (χ0) is 12.3. The molecule has 0 aromatic rings. The van der Waals surface area contributed by atoms with Crippen LogP contribution >= 0.6 is 0 Å². The van der Waals surface area contributed by atoms with Crippen LogP contribution in [0, 0.1) is 0 Å². The average molecular weight is 239 g/mol. The summed E-state index contributed by atoms with van der Waals surface area (Å²) in [6.07, 6.45) is 8.40. The van der Waals surface area contributed by atoms with Crippen LogP contribution in [0.5, 0.6) is 0 Å². The zero-order valence-corrected chi connectivity index (χ0v) is 11.0. The summed E-state index contributed by atoms with van der Waals surface area (Å²) in [4.78, 5) is 11.9. The minimum absolute atomic E-state index is 0.0162. The Morgan fingerprint density at radius 2 is 1.59 bits per heavy atom. The molecule has 2 amide bonds. The summed E-state index contributed by atoms with van der Waals surface area (Å²) in [5, 5.41) is 5.19. The van der Waals surface area contributed by atoms with Crippen molar-refractivity contribution in [3.05, 3.63) is 0 Å². The predicted octanol–water partition coefficient (Wildman–Crippen LogP) is 2.41. The molecule has 17 heavy (non-hydrogen) atoms. The minimum atomic E-state index is -0.0162. The van der Waals surface area contributed by atoms with E-state index in [2.05, 4.69) is 29.6 Å². The molecule has 2 rings (SSSR count). The molecule has 98 valence electrons. The Kier molecular flexibility index (Phi) is 4.26. The largest absolute Gasteiger partial charge is 0.334 e. The molecule has 2 fully saturated rings. The van der Waals surface area contributed by atoms with Gasteiger partial charge in [0.25, 0.3) is 0 Å². The summed E-state index contributed by atoms with van der Waals surface area (Å²) >= 11 is 0.